The highest BCUT2D eigenvalue weighted by Crippen LogP contribution is 2.33. The maximum atomic E-state index is 13.0. The van der Waals surface area contributed by atoms with Gasteiger partial charge in [-0.25, -0.2) is 9.97 Å². The van der Waals surface area contributed by atoms with Gasteiger partial charge >= 0.3 is 0 Å². The van der Waals surface area contributed by atoms with Crippen molar-refractivity contribution in [2.45, 2.75) is 39.2 Å². The van der Waals surface area contributed by atoms with E-state index in [1.807, 2.05) is 18.2 Å². The van der Waals surface area contributed by atoms with Gasteiger partial charge in [-0.3, -0.25) is 19.8 Å². The summed E-state index contributed by atoms with van der Waals surface area (Å²) in [4.78, 5) is 25.7. The third kappa shape index (κ3) is 5.24. The molecule has 9 nitrogen and oxygen atoms in total. The second-order valence-electron chi connectivity index (χ2n) is 7.08. The number of hydrogen-bond donors (Lipinski definition) is 1. The van der Waals surface area contributed by atoms with Crippen LogP contribution in [0.15, 0.2) is 43.0 Å². The number of imidazole rings is 1. The molecular formula is C21H23ClN6O3. The van der Waals surface area contributed by atoms with Crippen molar-refractivity contribution in [3.63, 3.8) is 0 Å². The Bertz CT molecular complexity index is 1040. The predicted molar refractivity (Wildman–Crippen MR) is 115 cm³/mol. The van der Waals surface area contributed by atoms with Crippen LogP contribution in [0.5, 0.6) is 11.5 Å². The first kappa shape index (κ1) is 20.9. The second kappa shape index (κ2) is 9.65. The van der Waals surface area contributed by atoms with E-state index in [9.17, 15) is 4.79 Å². The number of hydrogen-bond acceptors (Lipinski definition) is 7. The minimum absolute atomic E-state index is 0.0370. The number of carbonyl (C=O) groups excluding carboxylic acids is 1. The molecule has 2 aromatic heterocycles. The summed E-state index contributed by atoms with van der Waals surface area (Å²) in [6, 6.07) is 7.20. The molecule has 1 aliphatic heterocycles. The van der Waals surface area contributed by atoms with E-state index in [2.05, 4.69) is 27.3 Å². The third-order valence-electron chi connectivity index (χ3n) is 4.74. The quantitative estimate of drug-likeness (QED) is 0.304. The van der Waals surface area contributed by atoms with Crippen molar-refractivity contribution >= 4 is 23.3 Å². The number of anilines is 1. The Morgan fingerprint density at radius 1 is 1.23 bits per heavy atom. The first-order valence-electron chi connectivity index (χ1n) is 10.1. The average Bonchev–Trinajstić information content (AvgIpc) is 3.45. The molecule has 3 aromatic rings. The number of nitrogens with one attached hydrogen (secondary N) is 1. The van der Waals surface area contributed by atoms with Gasteiger partial charge in [-0.2, -0.15) is 4.98 Å². The molecule has 162 valence electrons. The highest BCUT2D eigenvalue weighted by atomic mass is 35.5. The van der Waals surface area contributed by atoms with Gasteiger partial charge in [0.1, 0.15) is 11.5 Å². The highest BCUT2D eigenvalue weighted by molar-refractivity contribution is 6.29. The van der Waals surface area contributed by atoms with Crippen molar-refractivity contribution in [3.05, 3.63) is 53.7 Å². The summed E-state index contributed by atoms with van der Waals surface area (Å²) in [5.41, 5.74) is 4.01. The lowest BCUT2D eigenvalue weighted by molar-refractivity contribution is -0.130. The molecule has 10 heteroatoms. The summed E-state index contributed by atoms with van der Waals surface area (Å²) in [5, 5.41) is 1.80. The SMILES string of the molecule is CCCCCC(=O)N(Cc1ccc2c(c1)OCO2)Nc1cc(Cl)nc(-n2ccnc2)n1. The highest BCUT2D eigenvalue weighted by Gasteiger charge is 2.19. The summed E-state index contributed by atoms with van der Waals surface area (Å²) in [6.45, 7) is 2.63. The Hall–Kier alpha value is -3.33. The summed E-state index contributed by atoms with van der Waals surface area (Å²) < 4.78 is 12.5. The lowest BCUT2D eigenvalue weighted by Gasteiger charge is -2.24. The normalized spacial score (nSPS) is 12.1. The maximum Gasteiger partial charge on any atom is 0.241 e. The number of aromatic nitrogens is 4. The molecule has 1 amide bonds. The molecule has 1 aliphatic rings. The summed E-state index contributed by atoms with van der Waals surface area (Å²) in [7, 11) is 0. The fourth-order valence-corrected chi connectivity index (χ4v) is 3.35. The van der Waals surface area contributed by atoms with Crippen molar-refractivity contribution in [2.75, 3.05) is 12.2 Å². The van der Waals surface area contributed by atoms with Crippen LogP contribution >= 0.6 is 11.6 Å². The van der Waals surface area contributed by atoms with Gasteiger partial charge in [0.2, 0.25) is 18.6 Å². The number of unbranched alkanes of at least 4 members (excludes halogenated alkanes) is 2. The molecule has 0 unspecified atom stereocenters. The van der Waals surface area contributed by atoms with Crippen LogP contribution in [-0.4, -0.2) is 37.2 Å². The lowest BCUT2D eigenvalue weighted by atomic mass is 10.1. The largest absolute Gasteiger partial charge is 0.454 e. The molecule has 0 aliphatic carbocycles. The summed E-state index contributed by atoms with van der Waals surface area (Å²) in [6.07, 6.45) is 8.20. The molecule has 0 saturated carbocycles. The van der Waals surface area contributed by atoms with E-state index in [4.69, 9.17) is 21.1 Å². The molecule has 0 saturated heterocycles. The molecule has 3 heterocycles. The third-order valence-corrected chi connectivity index (χ3v) is 4.93. The minimum atomic E-state index is -0.0370. The van der Waals surface area contributed by atoms with Gasteiger partial charge in [-0.1, -0.05) is 37.4 Å². The van der Waals surface area contributed by atoms with Crippen molar-refractivity contribution in [1.82, 2.24) is 24.5 Å². The molecule has 1 N–H and O–H groups in total. The molecular weight excluding hydrogens is 420 g/mol. The van der Waals surface area contributed by atoms with Gasteiger partial charge in [0.15, 0.2) is 17.3 Å². The van der Waals surface area contributed by atoms with Crippen LogP contribution in [0.2, 0.25) is 5.15 Å². The summed E-state index contributed by atoms with van der Waals surface area (Å²) in [5.74, 6) is 2.10. The molecule has 0 radical (unpaired) electrons. The van der Waals surface area contributed by atoms with Crippen LogP contribution in [0.1, 0.15) is 38.2 Å². The van der Waals surface area contributed by atoms with Crippen LogP contribution in [0, 0.1) is 0 Å². The number of benzene rings is 1. The van der Waals surface area contributed by atoms with Gasteiger partial charge in [0.25, 0.3) is 0 Å². The van der Waals surface area contributed by atoms with E-state index in [0.29, 0.717) is 36.2 Å². The van der Waals surface area contributed by atoms with E-state index in [-0.39, 0.29) is 17.9 Å². The predicted octanol–water partition coefficient (Wildman–Crippen LogP) is 3.98. The lowest BCUT2D eigenvalue weighted by Crippen LogP contribution is -2.36. The first-order valence-corrected chi connectivity index (χ1v) is 10.5. The Balaban J connectivity index is 1.56. The maximum absolute atomic E-state index is 13.0. The number of ether oxygens (including phenoxy) is 2. The monoisotopic (exact) mass is 442 g/mol. The molecule has 4 rings (SSSR count). The Morgan fingerprint density at radius 3 is 2.90 bits per heavy atom. The van der Waals surface area contributed by atoms with Gasteiger partial charge in [0, 0.05) is 24.9 Å². The zero-order chi connectivity index (χ0) is 21.6. The number of hydrazine groups is 1. The Morgan fingerprint density at radius 2 is 2.10 bits per heavy atom. The van der Waals surface area contributed by atoms with Crippen LogP contribution in [-0.2, 0) is 11.3 Å². The first-order chi connectivity index (χ1) is 15.1. The van der Waals surface area contributed by atoms with E-state index in [1.54, 1.807) is 34.4 Å². The van der Waals surface area contributed by atoms with E-state index >= 15 is 0 Å². The Labute approximate surface area is 185 Å². The zero-order valence-electron chi connectivity index (χ0n) is 17.1. The number of carbonyl (C=O) groups is 1. The smallest absolute Gasteiger partial charge is 0.241 e. The van der Waals surface area contributed by atoms with Gasteiger partial charge in [-0.05, 0) is 24.1 Å². The number of nitrogens with zero attached hydrogens (tertiary/aromatic N) is 5. The van der Waals surface area contributed by atoms with Crippen molar-refractivity contribution in [3.8, 4) is 17.4 Å². The fraction of sp³-hybridized carbons (Fsp3) is 0.333. The topological polar surface area (TPSA) is 94.4 Å². The molecule has 0 spiro atoms. The molecule has 1 aromatic carbocycles. The number of amides is 1. The van der Waals surface area contributed by atoms with Crippen molar-refractivity contribution < 1.29 is 14.3 Å². The molecule has 0 atom stereocenters. The van der Waals surface area contributed by atoms with Gasteiger partial charge in [0.05, 0.1) is 6.54 Å². The van der Waals surface area contributed by atoms with Crippen LogP contribution in [0.3, 0.4) is 0 Å². The number of fused-ring (bicyclic) bond motifs is 1. The fourth-order valence-electron chi connectivity index (χ4n) is 3.17. The van der Waals surface area contributed by atoms with Gasteiger partial charge in [-0.15, -0.1) is 0 Å². The minimum Gasteiger partial charge on any atom is -0.454 e. The molecule has 0 fully saturated rings. The van der Waals surface area contributed by atoms with Crippen molar-refractivity contribution in [1.29, 1.82) is 0 Å². The Kier molecular flexibility index (Phi) is 6.51. The van der Waals surface area contributed by atoms with E-state index < -0.39 is 0 Å². The number of rotatable bonds is 9. The standard InChI is InChI=1S/C21H23ClN6O3/c1-2-3-4-5-20(29)28(12-15-6-7-16-17(10-15)31-14-30-16)26-19-11-18(22)24-21(25-19)27-9-8-23-13-27/h6-11,13H,2-5,12,14H2,1H3,(H,24,25,26). The van der Waals surface area contributed by atoms with Crippen molar-refractivity contribution in [2.24, 2.45) is 0 Å². The average molecular weight is 443 g/mol. The van der Waals surface area contributed by atoms with E-state index in [0.717, 1.165) is 24.8 Å². The van der Waals surface area contributed by atoms with Crippen LogP contribution in [0.25, 0.3) is 5.95 Å². The molecule has 0 bridgehead atoms. The summed E-state index contributed by atoms with van der Waals surface area (Å²) >= 11 is 6.20. The molecule has 31 heavy (non-hydrogen) atoms. The van der Waals surface area contributed by atoms with Crippen LogP contribution < -0.4 is 14.9 Å². The van der Waals surface area contributed by atoms with Crippen LogP contribution in [0.4, 0.5) is 5.82 Å². The second-order valence-corrected chi connectivity index (χ2v) is 7.47. The zero-order valence-corrected chi connectivity index (χ0v) is 17.9. The van der Waals surface area contributed by atoms with Gasteiger partial charge < -0.3 is 9.47 Å². The number of halogens is 1. The van der Waals surface area contributed by atoms with E-state index in [1.165, 1.54) is 0 Å².